The molecule has 186 valence electrons. The average molecular weight is 484 g/mol. The van der Waals surface area contributed by atoms with Crippen LogP contribution in [-0.2, 0) is 30.8 Å². The number of aryl methyl sites for hydroxylation is 1. The van der Waals surface area contributed by atoms with Crippen molar-refractivity contribution in [3.8, 4) is 11.1 Å². The minimum Gasteiger partial charge on any atom is -0.369 e. The molecule has 36 heavy (non-hydrogen) atoms. The van der Waals surface area contributed by atoms with Crippen LogP contribution in [0.15, 0.2) is 36.7 Å². The van der Waals surface area contributed by atoms with Crippen molar-refractivity contribution in [3.05, 3.63) is 53.5 Å². The quantitative estimate of drug-likeness (QED) is 0.524. The Bertz CT molecular complexity index is 1310. The number of rotatable bonds is 4. The SMILES string of the molecule is O=C1NCC[C@]12CCCN(c1ccc(Nc3ccc(-c4cnn5c4CCCC5)c4c3CNC4)nc1)C2. The molecule has 2 fully saturated rings. The van der Waals surface area contributed by atoms with Crippen LogP contribution in [0.25, 0.3) is 11.1 Å². The molecule has 0 aliphatic carbocycles. The van der Waals surface area contributed by atoms with Gasteiger partial charge in [-0.1, -0.05) is 6.07 Å². The molecule has 8 heteroatoms. The highest BCUT2D eigenvalue weighted by molar-refractivity contribution is 5.85. The number of hydrogen-bond donors (Lipinski definition) is 3. The highest BCUT2D eigenvalue weighted by Crippen LogP contribution is 2.39. The van der Waals surface area contributed by atoms with Crippen LogP contribution in [0.5, 0.6) is 0 Å². The van der Waals surface area contributed by atoms with Crippen LogP contribution in [0.2, 0.25) is 0 Å². The predicted molar refractivity (Wildman–Crippen MR) is 140 cm³/mol. The van der Waals surface area contributed by atoms with Crippen LogP contribution in [0.1, 0.15) is 48.9 Å². The third kappa shape index (κ3) is 3.58. The van der Waals surface area contributed by atoms with Crippen molar-refractivity contribution in [1.29, 1.82) is 0 Å². The molecule has 0 saturated carbocycles. The standard InChI is InChI=1S/C28H33N7O/c36-27-28(10-11-30-27)9-3-12-34(18-28)19-5-8-26(31-14-19)33-24-7-6-20(21-15-29-16-22(21)24)23-17-32-35-13-2-1-4-25(23)35/h5-8,14,17,29H,1-4,9-13,15-16,18H2,(H,30,36)(H,31,33)/t28-/m0/s1. The van der Waals surface area contributed by atoms with Gasteiger partial charge in [-0.05, 0) is 73.4 Å². The van der Waals surface area contributed by atoms with Crippen molar-refractivity contribution < 1.29 is 4.79 Å². The summed E-state index contributed by atoms with van der Waals surface area (Å²) in [6.07, 6.45) is 10.5. The van der Waals surface area contributed by atoms with E-state index in [4.69, 9.17) is 4.98 Å². The van der Waals surface area contributed by atoms with Gasteiger partial charge in [0.15, 0.2) is 0 Å². The normalized spacial score (nSPS) is 23.0. The molecule has 0 radical (unpaired) electrons. The monoisotopic (exact) mass is 483 g/mol. The first-order valence-corrected chi connectivity index (χ1v) is 13.4. The van der Waals surface area contributed by atoms with E-state index >= 15 is 0 Å². The third-order valence-electron chi connectivity index (χ3n) is 8.63. The van der Waals surface area contributed by atoms with E-state index in [9.17, 15) is 4.79 Å². The molecule has 4 aliphatic heterocycles. The number of piperidine rings is 1. The van der Waals surface area contributed by atoms with E-state index in [1.165, 1.54) is 40.8 Å². The molecule has 1 atom stereocenters. The first-order chi connectivity index (χ1) is 17.7. The van der Waals surface area contributed by atoms with Crippen LogP contribution < -0.4 is 20.9 Å². The number of nitrogens with one attached hydrogen (secondary N) is 3. The molecule has 4 aliphatic rings. The number of aromatic nitrogens is 3. The number of benzene rings is 1. The van der Waals surface area contributed by atoms with Crippen molar-refractivity contribution in [2.45, 2.75) is 58.2 Å². The van der Waals surface area contributed by atoms with Gasteiger partial charge in [-0.3, -0.25) is 9.48 Å². The maximum Gasteiger partial charge on any atom is 0.228 e. The van der Waals surface area contributed by atoms with Gasteiger partial charge in [-0.25, -0.2) is 4.98 Å². The topological polar surface area (TPSA) is 87.1 Å². The Morgan fingerprint density at radius 3 is 2.75 bits per heavy atom. The van der Waals surface area contributed by atoms with Crippen LogP contribution in [0, 0.1) is 5.41 Å². The zero-order valence-electron chi connectivity index (χ0n) is 20.6. The molecule has 7 rings (SSSR count). The van der Waals surface area contributed by atoms with Gasteiger partial charge in [-0.2, -0.15) is 5.10 Å². The summed E-state index contributed by atoms with van der Waals surface area (Å²) in [5.41, 5.74) is 8.64. The van der Waals surface area contributed by atoms with E-state index in [-0.39, 0.29) is 11.3 Å². The molecule has 1 amide bonds. The number of carbonyl (C=O) groups excluding carboxylic acids is 1. The minimum atomic E-state index is -0.223. The Morgan fingerprint density at radius 2 is 1.89 bits per heavy atom. The van der Waals surface area contributed by atoms with Gasteiger partial charge in [0.1, 0.15) is 5.82 Å². The van der Waals surface area contributed by atoms with Gasteiger partial charge in [0, 0.05) is 56.2 Å². The number of amides is 1. The molecule has 6 heterocycles. The molecule has 8 nitrogen and oxygen atoms in total. The minimum absolute atomic E-state index is 0.223. The van der Waals surface area contributed by atoms with E-state index in [0.717, 1.165) is 82.1 Å². The molecule has 1 spiro atoms. The number of nitrogens with zero attached hydrogens (tertiary/aromatic N) is 4. The highest BCUT2D eigenvalue weighted by atomic mass is 16.2. The Morgan fingerprint density at radius 1 is 0.944 bits per heavy atom. The fourth-order valence-corrected chi connectivity index (χ4v) is 6.67. The number of fused-ring (bicyclic) bond motifs is 2. The van der Waals surface area contributed by atoms with Crippen molar-refractivity contribution >= 4 is 23.1 Å². The summed E-state index contributed by atoms with van der Waals surface area (Å²) < 4.78 is 2.19. The van der Waals surface area contributed by atoms with Crippen molar-refractivity contribution in [1.82, 2.24) is 25.4 Å². The lowest BCUT2D eigenvalue weighted by atomic mass is 9.78. The van der Waals surface area contributed by atoms with Crippen LogP contribution >= 0.6 is 0 Å². The molecule has 0 unspecified atom stereocenters. The molecule has 3 aromatic rings. The lowest BCUT2D eigenvalue weighted by Crippen LogP contribution is -2.47. The maximum absolute atomic E-state index is 12.5. The Balaban J connectivity index is 1.12. The Kier molecular flexibility index (Phi) is 5.23. The summed E-state index contributed by atoms with van der Waals surface area (Å²) in [7, 11) is 0. The van der Waals surface area contributed by atoms with Gasteiger partial charge < -0.3 is 20.9 Å². The molecule has 0 bridgehead atoms. The summed E-state index contributed by atoms with van der Waals surface area (Å²) in [5, 5.41) is 14.8. The fraction of sp³-hybridized carbons (Fsp3) is 0.464. The van der Waals surface area contributed by atoms with E-state index < -0.39 is 0 Å². The first-order valence-electron chi connectivity index (χ1n) is 13.4. The summed E-state index contributed by atoms with van der Waals surface area (Å²) in [6, 6.07) is 8.63. The van der Waals surface area contributed by atoms with Crippen molar-refractivity contribution in [3.63, 3.8) is 0 Å². The maximum atomic E-state index is 12.5. The van der Waals surface area contributed by atoms with Gasteiger partial charge in [-0.15, -0.1) is 0 Å². The van der Waals surface area contributed by atoms with Crippen LogP contribution in [0.3, 0.4) is 0 Å². The second kappa shape index (κ2) is 8.62. The highest BCUT2D eigenvalue weighted by Gasteiger charge is 2.45. The summed E-state index contributed by atoms with van der Waals surface area (Å²) >= 11 is 0. The largest absolute Gasteiger partial charge is 0.369 e. The number of carbonyl (C=O) groups is 1. The van der Waals surface area contributed by atoms with Gasteiger partial charge in [0.2, 0.25) is 5.91 Å². The molecule has 2 saturated heterocycles. The number of anilines is 3. The third-order valence-corrected chi connectivity index (χ3v) is 8.63. The predicted octanol–water partition coefficient (Wildman–Crippen LogP) is 3.73. The lowest BCUT2D eigenvalue weighted by Gasteiger charge is -2.39. The number of pyridine rings is 1. The van der Waals surface area contributed by atoms with Gasteiger partial charge >= 0.3 is 0 Å². The first kappa shape index (κ1) is 21.9. The van der Waals surface area contributed by atoms with Gasteiger partial charge in [0.25, 0.3) is 0 Å². The fourth-order valence-electron chi connectivity index (χ4n) is 6.67. The molecule has 3 N–H and O–H groups in total. The van der Waals surface area contributed by atoms with Crippen LogP contribution in [-0.4, -0.2) is 40.3 Å². The van der Waals surface area contributed by atoms with Crippen LogP contribution in [0.4, 0.5) is 17.2 Å². The summed E-state index contributed by atoms with van der Waals surface area (Å²) in [6.45, 7) is 5.32. The molecule has 1 aromatic carbocycles. The van der Waals surface area contributed by atoms with Gasteiger partial charge in [0.05, 0.1) is 23.5 Å². The summed E-state index contributed by atoms with van der Waals surface area (Å²) in [5.74, 6) is 1.06. The Hall–Kier alpha value is -3.39. The summed E-state index contributed by atoms with van der Waals surface area (Å²) in [4.78, 5) is 19.6. The zero-order chi connectivity index (χ0) is 24.1. The van der Waals surface area contributed by atoms with Crippen molar-refractivity contribution in [2.75, 3.05) is 29.9 Å². The zero-order valence-corrected chi connectivity index (χ0v) is 20.6. The van der Waals surface area contributed by atoms with E-state index in [2.05, 4.69) is 61.1 Å². The van der Waals surface area contributed by atoms with E-state index in [1.54, 1.807) is 0 Å². The Labute approximate surface area is 211 Å². The number of hydrogen-bond acceptors (Lipinski definition) is 6. The van der Waals surface area contributed by atoms with E-state index in [0.29, 0.717) is 0 Å². The molecular weight excluding hydrogens is 450 g/mol. The smallest absolute Gasteiger partial charge is 0.228 e. The molecular formula is C28H33N7O. The van der Waals surface area contributed by atoms with Crippen molar-refractivity contribution in [2.24, 2.45) is 5.41 Å². The second-order valence-corrected chi connectivity index (χ2v) is 10.7. The molecule has 2 aromatic heterocycles. The average Bonchev–Trinajstić information content (AvgIpc) is 3.65. The van der Waals surface area contributed by atoms with E-state index in [1.807, 2.05) is 6.20 Å². The second-order valence-electron chi connectivity index (χ2n) is 10.7. The lowest BCUT2D eigenvalue weighted by molar-refractivity contribution is -0.128.